The van der Waals surface area contributed by atoms with E-state index >= 15 is 0 Å². The largest absolute Gasteiger partial charge is 0.512 e. The van der Waals surface area contributed by atoms with E-state index in [9.17, 15) is 9.90 Å². The van der Waals surface area contributed by atoms with Crippen molar-refractivity contribution in [1.82, 2.24) is 4.98 Å². The first-order chi connectivity index (χ1) is 25.5. The zero-order valence-electron chi connectivity index (χ0n) is 35.0. The van der Waals surface area contributed by atoms with Crippen molar-refractivity contribution in [3.8, 4) is 22.4 Å². The molecule has 0 fully saturated rings. The fourth-order valence-corrected chi connectivity index (χ4v) is 8.95. The Morgan fingerprint density at radius 1 is 0.855 bits per heavy atom. The Morgan fingerprint density at radius 3 is 2.13 bits per heavy atom. The Bertz CT molecular complexity index is 2290. The molecule has 0 bridgehead atoms. The van der Waals surface area contributed by atoms with E-state index in [0.717, 1.165) is 53.6 Å². The van der Waals surface area contributed by atoms with Crippen LogP contribution < -0.4 is 0 Å². The number of aliphatic hydroxyl groups excluding tert-OH is 1. The number of hydrogen-bond donors (Lipinski definition) is 1. The molecule has 6 heteroatoms. The molecule has 3 aromatic heterocycles. The van der Waals surface area contributed by atoms with Gasteiger partial charge in [0.2, 0.25) is 0 Å². The summed E-state index contributed by atoms with van der Waals surface area (Å²) in [5.41, 5.74) is 6.79. The van der Waals surface area contributed by atoms with Gasteiger partial charge in [0, 0.05) is 57.7 Å². The van der Waals surface area contributed by atoms with E-state index in [2.05, 4.69) is 114 Å². The van der Waals surface area contributed by atoms with Gasteiger partial charge in [-0.2, -0.15) is 0 Å². The van der Waals surface area contributed by atoms with Gasteiger partial charge in [0.1, 0.15) is 10.6 Å². The molecule has 295 valence electrons. The zero-order chi connectivity index (χ0) is 39.6. The monoisotopic (exact) mass is 951 g/mol. The van der Waals surface area contributed by atoms with Crippen molar-refractivity contribution >= 4 is 59.5 Å². The van der Waals surface area contributed by atoms with Gasteiger partial charge in [-0.3, -0.25) is 9.78 Å². The zero-order valence-corrected chi connectivity index (χ0v) is 39.0. The maximum absolute atomic E-state index is 12.2. The Kier molecular flexibility index (Phi) is 14.6. The van der Waals surface area contributed by atoms with Crippen LogP contribution in [0.25, 0.3) is 53.5 Å². The first-order valence-electron chi connectivity index (χ1n) is 19.8. The van der Waals surface area contributed by atoms with Gasteiger partial charge < -0.3 is 5.11 Å². The minimum Gasteiger partial charge on any atom is -0.512 e. The molecule has 0 spiro atoms. The van der Waals surface area contributed by atoms with Crippen molar-refractivity contribution in [1.29, 1.82) is 0 Å². The molecule has 3 aromatic carbocycles. The Hall–Kier alpha value is -3.15. The maximum atomic E-state index is 12.2. The van der Waals surface area contributed by atoms with Crippen molar-refractivity contribution in [2.75, 3.05) is 0 Å². The topological polar surface area (TPSA) is 50.2 Å². The van der Waals surface area contributed by atoms with E-state index in [4.69, 9.17) is 4.98 Å². The molecule has 0 saturated heterocycles. The van der Waals surface area contributed by atoms with Crippen LogP contribution in [0.4, 0.5) is 0 Å². The van der Waals surface area contributed by atoms with Crippen LogP contribution in [-0.4, -0.2) is 15.9 Å². The number of benzene rings is 3. The minimum atomic E-state index is -0.337. The minimum absolute atomic E-state index is 0. The van der Waals surface area contributed by atoms with Crippen molar-refractivity contribution in [2.24, 2.45) is 16.7 Å². The number of carbonyl (C=O) groups excluding carboxylic acids is 1. The predicted octanol–water partition coefficient (Wildman–Crippen LogP) is 15.3. The molecule has 3 nitrogen and oxygen atoms in total. The number of fused-ring (bicyclic) bond motifs is 3. The van der Waals surface area contributed by atoms with E-state index < -0.39 is 0 Å². The van der Waals surface area contributed by atoms with Gasteiger partial charge in [-0.05, 0) is 90.0 Å². The molecule has 6 aromatic rings. The summed E-state index contributed by atoms with van der Waals surface area (Å²) in [6, 6.07) is 26.2. The molecule has 0 aliphatic heterocycles. The molecular weight excluding hydrogens is 891 g/mol. The number of carbonyl (C=O) groups is 1. The summed E-state index contributed by atoms with van der Waals surface area (Å²) in [7, 11) is 0. The van der Waals surface area contributed by atoms with Crippen molar-refractivity contribution in [3.63, 3.8) is 0 Å². The Balaban J connectivity index is 0.000000320. The van der Waals surface area contributed by atoms with Gasteiger partial charge >= 0.3 is 0 Å². The molecule has 1 radical (unpaired) electrons. The molecule has 0 saturated carbocycles. The van der Waals surface area contributed by atoms with Crippen LogP contribution in [-0.2, 0) is 36.7 Å². The quantitative estimate of drug-likeness (QED) is 0.0800. The van der Waals surface area contributed by atoms with Crippen molar-refractivity contribution < 1.29 is 30.0 Å². The number of ketones is 1. The average molecular weight is 951 g/mol. The van der Waals surface area contributed by atoms with E-state index in [1.54, 1.807) is 11.3 Å². The second kappa shape index (κ2) is 18.0. The van der Waals surface area contributed by atoms with Crippen LogP contribution in [0.2, 0.25) is 0 Å². The molecule has 0 aliphatic rings. The molecule has 0 amide bonds. The van der Waals surface area contributed by atoms with Gasteiger partial charge in [0.15, 0.2) is 5.78 Å². The molecule has 3 heterocycles. The van der Waals surface area contributed by atoms with Crippen LogP contribution in [0, 0.1) is 29.7 Å². The third kappa shape index (κ3) is 9.70. The second-order valence-electron chi connectivity index (χ2n) is 17.0. The number of allylic oxidation sites excluding steroid dienone is 2. The fourth-order valence-electron chi connectivity index (χ4n) is 7.03. The van der Waals surface area contributed by atoms with E-state index in [0.29, 0.717) is 5.92 Å². The third-order valence-electron chi connectivity index (χ3n) is 11.7. The van der Waals surface area contributed by atoms with Gasteiger partial charge in [-0.15, -0.1) is 51.8 Å². The number of rotatable bonds is 11. The first kappa shape index (κ1) is 44.6. The number of thiophene rings is 2. The predicted molar refractivity (Wildman–Crippen MR) is 237 cm³/mol. The molecule has 1 N–H and O–H groups in total. The summed E-state index contributed by atoms with van der Waals surface area (Å²) in [5.74, 6) is 0.943. The first-order valence-corrected chi connectivity index (χ1v) is 21.5. The number of aryl methyl sites for hydroxylation is 1. The van der Waals surface area contributed by atoms with Crippen LogP contribution in [0.15, 0.2) is 77.9 Å². The number of nitrogens with zero attached hydrogens (tertiary/aromatic N) is 1. The van der Waals surface area contributed by atoms with Crippen molar-refractivity contribution in [3.05, 3.63) is 99.9 Å². The van der Waals surface area contributed by atoms with Gasteiger partial charge in [0.05, 0.1) is 0 Å². The summed E-state index contributed by atoms with van der Waals surface area (Å²) in [6.07, 6.45) is 5.88. The maximum Gasteiger partial charge on any atom is 0.164 e. The van der Waals surface area contributed by atoms with E-state index in [1.165, 1.54) is 54.1 Å². The number of hydrogen-bond acceptors (Lipinski definition) is 5. The van der Waals surface area contributed by atoms with Crippen LogP contribution in [0.1, 0.15) is 118 Å². The molecule has 0 atom stereocenters. The van der Waals surface area contributed by atoms with Gasteiger partial charge in [0.25, 0.3) is 0 Å². The SMILES string of the molecule is CCC(C)(CC)C(=O)/C=C(\O)C(C)(CC)CC.Cc1cc2c(-c3ccc4c(CC(C)C)csc4c3)cc(-c3[c-]c4ccccc4c(C(C)(C)C)c3)nc2s1.[Ir]. The Labute approximate surface area is 352 Å². The van der Waals surface area contributed by atoms with Crippen molar-refractivity contribution in [2.45, 2.75) is 121 Å². The normalized spacial score (nSPS) is 12.6. The molecule has 55 heavy (non-hydrogen) atoms. The summed E-state index contributed by atoms with van der Waals surface area (Å²) < 4.78 is 1.36. The van der Waals surface area contributed by atoms with Gasteiger partial charge in [-0.25, -0.2) is 0 Å². The van der Waals surface area contributed by atoms with E-state index in [-0.39, 0.29) is 47.9 Å². The van der Waals surface area contributed by atoms with Crippen LogP contribution in [0.3, 0.4) is 0 Å². The van der Waals surface area contributed by atoms with E-state index in [1.807, 2.05) is 52.9 Å². The molecular formula is C49H60IrNO2S2-. The molecule has 6 rings (SSSR count). The summed E-state index contributed by atoms with van der Waals surface area (Å²) in [6.45, 7) is 25.7. The number of aromatic nitrogens is 1. The smallest absolute Gasteiger partial charge is 0.164 e. The number of aliphatic hydroxyl groups is 1. The van der Waals surface area contributed by atoms with Gasteiger partial charge in [-0.1, -0.05) is 124 Å². The fraction of sp³-hybridized carbons (Fsp3) is 0.429. The standard InChI is InChI=1S/C34H32NS2.C15H28O2.Ir/c1-20(2)13-25-19-36-32-17-23(11-12-27(25)32)28-18-31(35-33-29(28)14-21(3)37-33)24-15-22-9-7-8-10-26(22)30(16-24)34(4,5)6;1-7-14(5,8-2)12(16)11-13(17)15(6,9-3)10-4;/h7-12,14,16-20H,13H2,1-6H3;11,16H,7-10H2,1-6H3;/q-1;;/b;12-11-;. The summed E-state index contributed by atoms with van der Waals surface area (Å²) in [5, 5.41) is 17.5. The number of pyridine rings is 1. The Morgan fingerprint density at radius 2 is 1.51 bits per heavy atom. The van der Waals surface area contributed by atoms with Crippen LogP contribution >= 0.6 is 22.7 Å². The molecule has 0 unspecified atom stereocenters. The summed E-state index contributed by atoms with van der Waals surface area (Å²) in [4.78, 5) is 19.7. The third-order valence-corrected chi connectivity index (χ3v) is 13.6. The molecule has 0 aliphatic carbocycles. The summed E-state index contributed by atoms with van der Waals surface area (Å²) >= 11 is 3.64. The van der Waals surface area contributed by atoms with Crippen LogP contribution in [0.5, 0.6) is 0 Å². The second-order valence-corrected chi connectivity index (χ2v) is 19.2. The average Bonchev–Trinajstić information content (AvgIpc) is 3.74.